The van der Waals surface area contributed by atoms with E-state index < -0.39 is 6.10 Å². The molecule has 0 aliphatic rings. The first-order chi connectivity index (χ1) is 11.5. The number of hydrogen-bond acceptors (Lipinski definition) is 2. The van der Waals surface area contributed by atoms with Crippen LogP contribution in [0.5, 0.6) is 5.75 Å². The SMILES string of the molecule is CC[C@H](Oc1ccccc1C)C(=O)N[C@@H](CC)c1ccc(C)cc1. The maximum Gasteiger partial charge on any atom is 0.261 e. The van der Waals surface area contributed by atoms with Crippen LogP contribution in [0.2, 0.25) is 0 Å². The predicted octanol–water partition coefficient (Wildman–Crippen LogP) is 4.73. The normalized spacial score (nSPS) is 13.2. The fourth-order valence-corrected chi connectivity index (χ4v) is 2.65. The Morgan fingerprint density at radius 1 is 1.00 bits per heavy atom. The molecule has 2 aromatic carbocycles. The molecular weight excluding hydrogens is 298 g/mol. The second kappa shape index (κ2) is 8.53. The second-order valence-corrected chi connectivity index (χ2v) is 6.16. The van der Waals surface area contributed by atoms with Gasteiger partial charge in [0, 0.05) is 0 Å². The molecule has 2 aromatic rings. The molecule has 128 valence electrons. The maximum absolute atomic E-state index is 12.7. The topological polar surface area (TPSA) is 38.3 Å². The lowest BCUT2D eigenvalue weighted by atomic mass is 10.0. The molecule has 0 heterocycles. The van der Waals surface area contributed by atoms with Crippen LogP contribution in [0.3, 0.4) is 0 Å². The van der Waals surface area contributed by atoms with Gasteiger partial charge in [0.2, 0.25) is 0 Å². The summed E-state index contributed by atoms with van der Waals surface area (Å²) in [6.07, 6.45) is 0.991. The third-order valence-corrected chi connectivity index (χ3v) is 4.23. The Morgan fingerprint density at radius 3 is 2.25 bits per heavy atom. The van der Waals surface area contributed by atoms with E-state index in [1.807, 2.05) is 38.1 Å². The molecule has 0 bridgehead atoms. The molecule has 3 nitrogen and oxygen atoms in total. The van der Waals surface area contributed by atoms with E-state index in [2.05, 4.69) is 43.4 Å². The first kappa shape index (κ1) is 18.1. The monoisotopic (exact) mass is 325 g/mol. The van der Waals surface area contributed by atoms with Gasteiger partial charge in [-0.15, -0.1) is 0 Å². The number of carbonyl (C=O) groups excluding carboxylic acids is 1. The van der Waals surface area contributed by atoms with Crippen LogP contribution in [0, 0.1) is 13.8 Å². The van der Waals surface area contributed by atoms with Crippen LogP contribution in [0.25, 0.3) is 0 Å². The van der Waals surface area contributed by atoms with Crippen molar-refractivity contribution in [3.8, 4) is 5.75 Å². The average molecular weight is 325 g/mol. The van der Waals surface area contributed by atoms with Crippen LogP contribution >= 0.6 is 0 Å². The molecule has 0 fully saturated rings. The van der Waals surface area contributed by atoms with Gasteiger partial charge < -0.3 is 10.1 Å². The van der Waals surface area contributed by atoms with Gasteiger partial charge in [0.05, 0.1) is 6.04 Å². The van der Waals surface area contributed by atoms with Crippen LogP contribution < -0.4 is 10.1 Å². The van der Waals surface area contributed by atoms with Gasteiger partial charge in [0.15, 0.2) is 6.10 Å². The Morgan fingerprint density at radius 2 is 1.67 bits per heavy atom. The third kappa shape index (κ3) is 4.60. The summed E-state index contributed by atoms with van der Waals surface area (Å²) < 4.78 is 5.94. The minimum absolute atomic E-state index is 0.00706. The average Bonchev–Trinajstić information content (AvgIpc) is 2.59. The maximum atomic E-state index is 12.7. The molecule has 24 heavy (non-hydrogen) atoms. The van der Waals surface area contributed by atoms with E-state index in [4.69, 9.17) is 4.74 Å². The summed E-state index contributed by atoms with van der Waals surface area (Å²) in [5.74, 6) is 0.705. The highest BCUT2D eigenvalue weighted by molar-refractivity contribution is 5.81. The van der Waals surface area contributed by atoms with E-state index in [1.54, 1.807) is 0 Å². The Hall–Kier alpha value is -2.29. The van der Waals surface area contributed by atoms with Crippen molar-refractivity contribution >= 4 is 5.91 Å². The Kier molecular flexibility index (Phi) is 6.42. The zero-order valence-corrected chi connectivity index (χ0v) is 15.0. The molecule has 2 rings (SSSR count). The molecule has 0 radical (unpaired) electrons. The summed E-state index contributed by atoms with van der Waals surface area (Å²) in [5.41, 5.74) is 3.38. The van der Waals surface area contributed by atoms with E-state index in [1.165, 1.54) is 5.56 Å². The van der Waals surface area contributed by atoms with Crippen LogP contribution in [0.15, 0.2) is 48.5 Å². The van der Waals surface area contributed by atoms with Gasteiger partial charge in [-0.25, -0.2) is 0 Å². The van der Waals surface area contributed by atoms with Gasteiger partial charge in [-0.3, -0.25) is 4.79 Å². The largest absolute Gasteiger partial charge is 0.480 e. The van der Waals surface area contributed by atoms with Crippen molar-refractivity contribution in [3.63, 3.8) is 0 Å². The Bertz CT molecular complexity index is 664. The molecule has 0 spiro atoms. The Labute approximate surface area is 145 Å². The lowest BCUT2D eigenvalue weighted by molar-refractivity contribution is -0.129. The first-order valence-electron chi connectivity index (χ1n) is 8.64. The number of amides is 1. The summed E-state index contributed by atoms with van der Waals surface area (Å²) >= 11 is 0. The predicted molar refractivity (Wildman–Crippen MR) is 98.2 cm³/mol. The minimum atomic E-state index is -0.481. The highest BCUT2D eigenvalue weighted by Crippen LogP contribution is 2.21. The zero-order valence-electron chi connectivity index (χ0n) is 15.0. The zero-order chi connectivity index (χ0) is 17.5. The molecule has 0 saturated heterocycles. The van der Waals surface area contributed by atoms with E-state index >= 15 is 0 Å². The number of hydrogen-bond donors (Lipinski definition) is 1. The molecule has 3 heteroatoms. The number of para-hydroxylation sites is 1. The van der Waals surface area contributed by atoms with Gasteiger partial charge in [0.25, 0.3) is 5.91 Å². The smallest absolute Gasteiger partial charge is 0.261 e. The third-order valence-electron chi connectivity index (χ3n) is 4.23. The van der Waals surface area contributed by atoms with Crippen molar-refractivity contribution in [2.45, 2.75) is 52.7 Å². The van der Waals surface area contributed by atoms with E-state index in [9.17, 15) is 4.79 Å². The minimum Gasteiger partial charge on any atom is -0.480 e. The summed E-state index contributed by atoms with van der Waals surface area (Å²) in [4.78, 5) is 12.7. The number of carbonyl (C=O) groups is 1. The molecule has 0 aliphatic heterocycles. The van der Waals surface area contributed by atoms with E-state index in [0.29, 0.717) is 6.42 Å². The number of nitrogens with one attached hydrogen (secondary N) is 1. The van der Waals surface area contributed by atoms with Crippen molar-refractivity contribution in [1.29, 1.82) is 0 Å². The molecule has 0 saturated carbocycles. The summed E-state index contributed by atoms with van der Waals surface area (Å²) in [6.45, 7) is 8.09. The van der Waals surface area contributed by atoms with Gasteiger partial charge in [-0.1, -0.05) is 61.9 Å². The molecular formula is C21H27NO2. The number of aryl methyl sites for hydroxylation is 2. The first-order valence-corrected chi connectivity index (χ1v) is 8.64. The quantitative estimate of drug-likeness (QED) is 0.799. The van der Waals surface area contributed by atoms with E-state index in [0.717, 1.165) is 23.3 Å². The number of benzene rings is 2. The number of rotatable bonds is 7. The highest BCUT2D eigenvalue weighted by Gasteiger charge is 2.22. The van der Waals surface area contributed by atoms with Crippen molar-refractivity contribution in [2.75, 3.05) is 0 Å². The van der Waals surface area contributed by atoms with Gasteiger partial charge >= 0.3 is 0 Å². The van der Waals surface area contributed by atoms with Crippen LogP contribution in [0.1, 0.15) is 49.4 Å². The van der Waals surface area contributed by atoms with Gasteiger partial charge in [-0.2, -0.15) is 0 Å². The lowest BCUT2D eigenvalue weighted by Gasteiger charge is -2.23. The Balaban J connectivity index is 2.07. The molecule has 0 unspecified atom stereocenters. The lowest BCUT2D eigenvalue weighted by Crippen LogP contribution is -2.40. The van der Waals surface area contributed by atoms with Crippen molar-refractivity contribution < 1.29 is 9.53 Å². The molecule has 0 aliphatic carbocycles. The second-order valence-electron chi connectivity index (χ2n) is 6.16. The van der Waals surface area contributed by atoms with Crippen LogP contribution in [0.4, 0.5) is 0 Å². The van der Waals surface area contributed by atoms with Gasteiger partial charge in [-0.05, 0) is 43.9 Å². The molecule has 2 atom stereocenters. The molecule has 1 N–H and O–H groups in total. The van der Waals surface area contributed by atoms with Gasteiger partial charge in [0.1, 0.15) is 5.75 Å². The van der Waals surface area contributed by atoms with E-state index in [-0.39, 0.29) is 11.9 Å². The van der Waals surface area contributed by atoms with Crippen LogP contribution in [-0.4, -0.2) is 12.0 Å². The molecule has 0 aromatic heterocycles. The standard InChI is InChI=1S/C21H27NO2/c1-5-18(17-13-11-15(3)12-14-17)22-21(23)19(6-2)24-20-10-8-7-9-16(20)4/h7-14,18-19H,5-6H2,1-4H3,(H,22,23)/t18-,19-/m0/s1. The molecule has 1 amide bonds. The summed E-state index contributed by atoms with van der Waals surface area (Å²) in [5, 5.41) is 3.13. The number of ether oxygens (including phenoxy) is 1. The fraction of sp³-hybridized carbons (Fsp3) is 0.381. The summed E-state index contributed by atoms with van der Waals surface area (Å²) in [7, 11) is 0. The van der Waals surface area contributed by atoms with Crippen LogP contribution in [-0.2, 0) is 4.79 Å². The van der Waals surface area contributed by atoms with Crippen molar-refractivity contribution in [3.05, 3.63) is 65.2 Å². The highest BCUT2D eigenvalue weighted by atomic mass is 16.5. The fourth-order valence-electron chi connectivity index (χ4n) is 2.65. The summed E-state index contributed by atoms with van der Waals surface area (Å²) in [6, 6.07) is 16.1. The van der Waals surface area contributed by atoms with Crippen molar-refractivity contribution in [1.82, 2.24) is 5.32 Å². The van der Waals surface area contributed by atoms with Crippen molar-refractivity contribution in [2.24, 2.45) is 0 Å².